The molecule has 1 atom stereocenters. The highest BCUT2D eigenvalue weighted by molar-refractivity contribution is 5.80. The fourth-order valence-corrected chi connectivity index (χ4v) is 3.03. The monoisotopic (exact) mass is 374 g/mol. The van der Waals surface area contributed by atoms with Crippen molar-refractivity contribution in [1.82, 2.24) is 15.5 Å². The zero-order valence-corrected chi connectivity index (χ0v) is 14.9. The third-order valence-electron chi connectivity index (χ3n) is 4.14. The Balaban J connectivity index is 1.77. The second kappa shape index (κ2) is 9.75. The van der Waals surface area contributed by atoms with E-state index >= 15 is 0 Å². The van der Waals surface area contributed by atoms with Crippen LogP contribution in [0.5, 0.6) is 0 Å². The first-order valence-corrected chi connectivity index (χ1v) is 8.94. The number of halogens is 4. The molecule has 0 spiro atoms. The van der Waals surface area contributed by atoms with E-state index in [0.29, 0.717) is 38.6 Å². The van der Waals surface area contributed by atoms with Gasteiger partial charge in [-0.15, -0.1) is 0 Å². The molecule has 1 aromatic carbocycles. The Bertz CT molecular complexity index is 589. The van der Waals surface area contributed by atoms with Crippen LogP contribution in [-0.4, -0.2) is 55.8 Å². The molecule has 8 heteroatoms. The van der Waals surface area contributed by atoms with Gasteiger partial charge in [0.2, 0.25) is 0 Å². The van der Waals surface area contributed by atoms with E-state index in [2.05, 4.69) is 15.6 Å². The molecule has 1 aliphatic heterocycles. The van der Waals surface area contributed by atoms with Crippen molar-refractivity contribution in [2.45, 2.75) is 38.4 Å². The number of aryl methyl sites for hydroxylation is 1. The average molecular weight is 374 g/mol. The van der Waals surface area contributed by atoms with Gasteiger partial charge in [0.1, 0.15) is 5.82 Å². The molecule has 1 unspecified atom stereocenters. The molecule has 0 saturated carbocycles. The SMILES string of the molecule is CCNC(=NCCCc1cccc(F)c1)NC1CCN(CC(F)(F)F)C1. The van der Waals surface area contributed by atoms with Crippen LogP contribution in [0, 0.1) is 5.82 Å². The Labute approximate surface area is 151 Å². The second-order valence-corrected chi connectivity index (χ2v) is 6.47. The second-order valence-electron chi connectivity index (χ2n) is 6.47. The van der Waals surface area contributed by atoms with Crippen LogP contribution >= 0.6 is 0 Å². The summed E-state index contributed by atoms with van der Waals surface area (Å²) >= 11 is 0. The van der Waals surface area contributed by atoms with Crippen molar-refractivity contribution in [2.75, 3.05) is 32.7 Å². The Morgan fingerprint density at radius 1 is 1.35 bits per heavy atom. The molecule has 4 nitrogen and oxygen atoms in total. The van der Waals surface area contributed by atoms with Gasteiger partial charge in [-0.3, -0.25) is 9.89 Å². The predicted molar refractivity (Wildman–Crippen MR) is 94.7 cm³/mol. The number of guanidine groups is 1. The lowest BCUT2D eigenvalue weighted by atomic mass is 10.1. The molecule has 1 aliphatic rings. The summed E-state index contributed by atoms with van der Waals surface area (Å²) in [6.45, 7) is 3.09. The van der Waals surface area contributed by atoms with Gasteiger partial charge in [-0.05, 0) is 43.9 Å². The number of nitrogens with zero attached hydrogens (tertiary/aromatic N) is 2. The Morgan fingerprint density at radius 2 is 2.15 bits per heavy atom. The molecule has 2 rings (SSSR count). The highest BCUT2D eigenvalue weighted by Gasteiger charge is 2.34. The third-order valence-corrected chi connectivity index (χ3v) is 4.14. The number of rotatable bonds is 7. The molecule has 0 radical (unpaired) electrons. The fraction of sp³-hybridized carbons (Fsp3) is 0.611. The molecule has 0 bridgehead atoms. The van der Waals surface area contributed by atoms with Gasteiger partial charge in [0.25, 0.3) is 0 Å². The van der Waals surface area contributed by atoms with Crippen LogP contribution in [0.15, 0.2) is 29.3 Å². The molecule has 0 aliphatic carbocycles. The zero-order valence-electron chi connectivity index (χ0n) is 14.9. The summed E-state index contributed by atoms with van der Waals surface area (Å²) in [5, 5.41) is 6.33. The van der Waals surface area contributed by atoms with Gasteiger partial charge in [0, 0.05) is 32.2 Å². The smallest absolute Gasteiger partial charge is 0.357 e. The Morgan fingerprint density at radius 3 is 2.85 bits per heavy atom. The molecular formula is C18H26F4N4. The van der Waals surface area contributed by atoms with E-state index in [1.54, 1.807) is 6.07 Å². The minimum atomic E-state index is -4.16. The first-order chi connectivity index (χ1) is 12.4. The van der Waals surface area contributed by atoms with Crippen LogP contribution in [0.25, 0.3) is 0 Å². The maximum Gasteiger partial charge on any atom is 0.401 e. The molecule has 1 fully saturated rings. The zero-order chi connectivity index (χ0) is 19.0. The van der Waals surface area contributed by atoms with Gasteiger partial charge in [-0.1, -0.05) is 12.1 Å². The summed E-state index contributed by atoms with van der Waals surface area (Å²) in [5.74, 6) is 0.372. The minimum Gasteiger partial charge on any atom is -0.357 e. The van der Waals surface area contributed by atoms with E-state index in [-0.39, 0.29) is 11.9 Å². The normalized spacial score (nSPS) is 19.0. The quantitative estimate of drug-likeness (QED) is 0.334. The van der Waals surface area contributed by atoms with Crippen molar-refractivity contribution >= 4 is 5.96 Å². The number of aliphatic imine (C=N–C) groups is 1. The summed E-state index contributed by atoms with van der Waals surface area (Å²) in [5.41, 5.74) is 0.928. The van der Waals surface area contributed by atoms with Crippen molar-refractivity contribution in [3.05, 3.63) is 35.6 Å². The maximum absolute atomic E-state index is 13.1. The van der Waals surface area contributed by atoms with E-state index in [0.717, 1.165) is 18.4 Å². The molecule has 26 heavy (non-hydrogen) atoms. The van der Waals surface area contributed by atoms with E-state index in [1.807, 2.05) is 13.0 Å². The maximum atomic E-state index is 13.1. The molecular weight excluding hydrogens is 348 g/mol. The van der Waals surface area contributed by atoms with Gasteiger partial charge in [-0.2, -0.15) is 13.2 Å². The van der Waals surface area contributed by atoms with Crippen molar-refractivity contribution in [1.29, 1.82) is 0 Å². The highest BCUT2D eigenvalue weighted by Crippen LogP contribution is 2.19. The summed E-state index contributed by atoms with van der Waals surface area (Å²) in [6, 6.07) is 6.45. The fourth-order valence-electron chi connectivity index (χ4n) is 3.03. The van der Waals surface area contributed by atoms with Crippen molar-refractivity contribution in [3.63, 3.8) is 0 Å². The number of alkyl halides is 3. The van der Waals surface area contributed by atoms with Gasteiger partial charge in [0.05, 0.1) is 6.54 Å². The Hall–Kier alpha value is -1.83. The molecule has 146 valence electrons. The van der Waals surface area contributed by atoms with E-state index < -0.39 is 12.7 Å². The average Bonchev–Trinajstić information content (AvgIpc) is 2.96. The largest absolute Gasteiger partial charge is 0.401 e. The number of hydrogen-bond donors (Lipinski definition) is 2. The van der Waals surface area contributed by atoms with Gasteiger partial charge < -0.3 is 10.6 Å². The van der Waals surface area contributed by atoms with Crippen LogP contribution in [0.1, 0.15) is 25.3 Å². The molecule has 1 aromatic rings. The predicted octanol–water partition coefficient (Wildman–Crippen LogP) is 2.95. The molecule has 0 aromatic heterocycles. The molecule has 1 heterocycles. The first-order valence-electron chi connectivity index (χ1n) is 8.94. The summed E-state index contributed by atoms with van der Waals surface area (Å²) in [7, 11) is 0. The number of likely N-dealkylation sites (tertiary alicyclic amines) is 1. The molecule has 1 saturated heterocycles. The van der Waals surface area contributed by atoms with Crippen LogP contribution in [-0.2, 0) is 6.42 Å². The summed E-state index contributed by atoms with van der Waals surface area (Å²) in [4.78, 5) is 5.88. The first kappa shape index (κ1) is 20.5. The van der Waals surface area contributed by atoms with E-state index in [4.69, 9.17) is 0 Å². The minimum absolute atomic E-state index is 0.0432. The van der Waals surface area contributed by atoms with Gasteiger partial charge >= 0.3 is 6.18 Å². The van der Waals surface area contributed by atoms with Crippen LogP contribution < -0.4 is 10.6 Å². The standard InChI is InChI=1S/C18H26F4N4/c1-2-23-17(24-9-4-6-14-5-3-7-15(19)11-14)25-16-8-10-26(12-16)13-18(20,21)22/h3,5,7,11,16H,2,4,6,8-10,12-13H2,1H3,(H2,23,24,25). The topological polar surface area (TPSA) is 39.7 Å². The van der Waals surface area contributed by atoms with Crippen LogP contribution in [0.4, 0.5) is 17.6 Å². The summed E-state index contributed by atoms with van der Waals surface area (Å²) < 4.78 is 50.5. The van der Waals surface area contributed by atoms with Crippen molar-refractivity contribution < 1.29 is 17.6 Å². The lowest BCUT2D eigenvalue weighted by Crippen LogP contribution is -2.45. The van der Waals surface area contributed by atoms with Crippen LogP contribution in [0.3, 0.4) is 0 Å². The third kappa shape index (κ3) is 7.59. The molecule has 2 N–H and O–H groups in total. The molecule has 0 amide bonds. The number of hydrogen-bond acceptors (Lipinski definition) is 2. The highest BCUT2D eigenvalue weighted by atomic mass is 19.4. The number of benzene rings is 1. The lowest BCUT2D eigenvalue weighted by Gasteiger charge is -2.19. The number of nitrogens with one attached hydrogen (secondary N) is 2. The summed E-state index contributed by atoms with van der Waals surface area (Å²) in [6.07, 6.45) is -2.01. The Kier molecular flexibility index (Phi) is 7.68. The van der Waals surface area contributed by atoms with Crippen molar-refractivity contribution in [3.8, 4) is 0 Å². The van der Waals surface area contributed by atoms with Crippen molar-refractivity contribution in [2.24, 2.45) is 4.99 Å². The van der Waals surface area contributed by atoms with Gasteiger partial charge in [0.15, 0.2) is 5.96 Å². The van der Waals surface area contributed by atoms with Crippen LogP contribution in [0.2, 0.25) is 0 Å². The van der Waals surface area contributed by atoms with E-state index in [9.17, 15) is 17.6 Å². The van der Waals surface area contributed by atoms with E-state index in [1.165, 1.54) is 17.0 Å². The van der Waals surface area contributed by atoms with Gasteiger partial charge in [-0.25, -0.2) is 4.39 Å². The lowest BCUT2D eigenvalue weighted by molar-refractivity contribution is -0.143.